The van der Waals surface area contributed by atoms with Crippen LogP contribution >= 0.6 is 0 Å². The first kappa shape index (κ1) is 17.9. The van der Waals surface area contributed by atoms with Gasteiger partial charge in [0.2, 0.25) is 0 Å². The minimum absolute atomic E-state index is 0.391. The molecular formula is C25H17NO4. The van der Waals surface area contributed by atoms with Gasteiger partial charge in [0.1, 0.15) is 6.54 Å². The van der Waals surface area contributed by atoms with Gasteiger partial charge in [0.05, 0.1) is 5.52 Å². The molecule has 0 aliphatic carbocycles. The quantitative estimate of drug-likeness (QED) is 0.456. The van der Waals surface area contributed by atoms with Crippen molar-refractivity contribution in [3.8, 4) is 22.3 Å². The predicted molar refractivity (Wildman–Crippen MR) is 116 cm³/mol. The van der Waals surface area contributed by atoms with Gasteiger partial charge in [0, 0.05) is 5.56 Å². The molecule has 1 heterocycles. The number of carboxylic acids is 1. The highest BCUT2D eigenvalue weighted by Crippen LogP contribution is 2.31. The van der Waals surface area contributed by atoms with E-state index in [4.69, 9.17) is 9.52 Å². The van der Waals surface area contributed by atoms with Gasteiger partial charge in [0.25, 0.3) is 0 Å². The number of carboxylic acid groups (broad SMARTS) is 1. The third kappa shape index (κ3) is 3.06. The molecule has 0 radical (unpaired) electrons. The molecule has 0 bridgehead atoms. The maximum atomic E-state index is 12.1. The Labute approximate surface area is 171 Å². The van der Waals surface area contributed by atoms with Crippen molar-refractivity contribution in [2.24, 2.45) is 0 Å². The second-order valence-electron chi connectivity index (χ2n) is 7.14. The van der Waals surface area contributed by atoms with Gasteiger partial charge < -0.3 is 9.52 Å². The van der Waals surface area contributed by atoms with Crippen LogP contribution in [-0.2, 0) is 11.3 Å². The van der Waals surface area contributed by atoms with E-state index in [-0.39, 0.29) is 0 Å². The molecule has 0 spiro atoms. The van der Waals surface area contributed by atoms with Crippen molar-refractivity contribution >= 4 is 27.8 Å². The average Bonchev–Trinajstić information content (AvgIpc) is 3.08. The Morgan fingerprint density at radius 3 is 2.27 bits per heavy atom. The van der Waals surface area contributed by atoms with E-state index in [0.717, 1.165) is 26.8 Å². The Morgan fingerprint density at radius 2 is 1.50 bits per heavy atom. The smallest absolute Gasteiger partial charge is 0.420 e. The van der Waals surface area contributed by atoms with Gasteiger partial charge in [-0.1, -0.05) is 72.8 Å². The predicted octanol–water partition coefficient (Wildman–Crippen LogP) is 5.17. The minimum Gasteiger partial charge on any atom is -0.480 e. The molecule has 5 rings (SSSR count). The number of nitrogens with zero attached hydrogens (tertiary/aromatic N) is 1. The minimum atomic E-state index is -1.09. The summed E-state index contributed by atoms with van der Waals surface area (Å²) in [4.78, 5) is 23.2. The summed E-state index contributed by atoms with van der Waals surface area (Å²) in [5, 5.41) is 11.4. The van der Waals surface area contributed by atoms with Gasteiger partial charge in [-0.05, 0) is 39.6 Å². The number of aromatic nitrogens is 1. The van der Waals surface area contributed by atoms with E-state index in [1.807, 2.05) is 42.5 Å². The monoisotopic (exact) mass is 395 g/mol. The number of oxazole rings is 1. The molecule has 5 nitrogen and oxygen atoms in total. The van der Waals surface area contributed by atoms with Gasteiger partial charge in [0.15, 0.2) is 5.58 Å². The normalized spacial score (nSPS) is 11.2. The third-order valence-electron chi connectivity index (χ3n) is 5.27. The summed E-state index contributed by atoms with van der Waals surface area (Å²) in [6, 6.07) is 28.0. The molecule has 5 aromatic rings. The molecule has 1 aromatic heterocycles. The first-order valence-corrected chi connectivity index (χ1v) is 9.54. The van der Waals surface area contributed by atoms with Crippen LogP contribution in [0.2, 0.25) is 0 Å². The number of para-hydroxylation sites is 1. The van der Waals surface area contributed by atoms with Crippen LogP contribution < -0.4 is 5.76 Å². The van der Waals surface area contributed by atoms with Crippen molar-refractivity contribution in [2.75, 3.05) is 0 Å². The molecule has 5 heteroatoms. The standard InChI is InChI=1S/C25H17NO4/c27-23(28)15-26-22-7-3-6-21(24(22)30-25(26)29)18-11-8-17(9-12-18)20-13-10-16-4-1-2-5-19(16)14-20/h1-14H,15H2,(H,27,28). The van der Waals surface area contributed by atoms with E-state index in [0.29, 0.717) is 11.1 Å². The Bertz CT molecular complexity index is 1460. The van der Waals surface area contributed by atoms with E-state index in [1.165, 1.54) is 10.8 Å². The highest BCUT2D eigenvalue weighted by Gasteiger charge is 2.15. The van der Waals surface area contributed by atoms with Gasteiger partial charge in [-0.15, -0.1) is 0 Å². The third-order valence-corrected chi connectivity index (χ3v) is 5.27. The van der Waals surface area contributed by atoms with Gasteiger partial charge in [-0.2, -0.15) is 0 Å². The molecule has 0 amide bonds. The Balaban J connectivity index is 1.56. The maximum Gasteiger partial charge on any atom is 0.420 e. The van der Waals surface area contributed by atoms with E-state index in [9.17, 15) is 9.59 Å². The summed E-state index contributed by atoms with van der Waals surface area (Å²) in [6.07, 6.45) is 0. The largest absolute Gasteiger partial charge is 0.480 e. The van der Waals surface area contributed by atoms with E-state index < -0.39 is 18.3 Å². The van der Waals surface area contributed by atoms with Crippen LogP contribution in [0.4, 0.5) is 0 Å². The topological polar surface area (TPSA) is 72.4 Å². The number of carbonyl (C=O) groups is 1. The van der Waals surface area contributed by atoms with Crippen LogP contribution in [-0.4, -0.2) is 15.6 Å². The number of rotatable bonds is 4. The number of hydrogen-bond acceptors (Lipinski definition) is 3. The maximum absolute atomic E-state index is 12.1. The molecule has 146 valence electrons. The average molecular weight is 395 g/mol. The van der Waals surface area contributed by atoms with Crippen molar-refractivity contribution < 1.29 is 14.3 Å². The lowest BCUT2D eigenvalue weighted by Gasteiger charge is -2.07. The summed E-state index contributed by atoms with van der Waals surface area (Å²) in [5.41, 5.74) is 4.71. The molecule has 0 aliphatic rings. The molecule has 0 aliphatic heterocycles. The molecule has 0 atom stereocenters. The molecule has 4 aromatic carbocycles. The summed E-state index contributed by atoms with van der Waals surface area (Å²) >= 11 is 0. The van der Waals surface area contributed by atoms with Crippen LogP contribution in [0, 0.1) is 0 Å². The molecule has 0 unspecified atom stereocenters. The van der Waals surface area contributed by atoms with Crippen molar-refractivity contribution in [1.82, 2.24) is 4.57 Å². The highest BCUT2D eigenvalue weighted by molar-refractivity contribution is 5.92. The summed E-state index contributed by atoms with van der Waals surface area (Å²) in [7, 11) is 0. The van der Waals surface area contributed by atoms with Gasteiger partial charge in [-0.3, -0.25) is 9.36 Å². The highest BCUT2D eigenvalue weighted by atomic mass is 16.4. The lowest BCUT2D eigenvalue weighted by Crippen LogP contribution is -2.19. The second kappa shape index (κ2) is 7.04. The number of aliphatic carboxylic acids is 1. The van der Waals surface area contributed by atoms with Crippen LogP contribution in [0.25, 0.3) is 44.1 Å². The van der Waals surface area contributed by atoms with Crippen molar-refractivity contribution in [1.29, 1.82) is 0 Å². The van der Waals surface area contributed by atoms with E-state index in [2.05, 4.69) is 30.3 Å². The van der Waals surface area contributed by atoms with Crippen LogP contribution in [0.1, 0.15) is 0 Å². The lowest BCUT2D eigenvalue weighted by molar-refractivity contribution is -0.137. The fraction of sp³-hybridized carbons (Fsp3) is 0.0400. The number of fused-ring (bicyclic) bond motifs is 2. The molecule has 0 fully saturated rings. The van der Waals surface area contributed by atoms with E-state index >= 15 is 0 Å². The van der Waals surface area contributed by atoms with Gasteiger partial charge >= 0.3 is 11.7 Å². The molecule has 0 saturated carbocycles. The zero-order valence-electron chi connectivity index (χ0n) is 15.9. The summed E-state index contributed by atoms with van der Waals surface area (Å²) in [6.45, 7) is -0.434. The summed E-state index contributed by atoms with van der Waals surface area (Å²) < 4.78 is 6.52. The van der Waals surface area contributed by atoms with Crippen LogP contribution in [0.15, 0.2) is 94.1 Å². The summed E-state index contributed by atoms with van der Waals surface area (Å²) in [5.74, 6) is -1.77. The van der Waals surface area contributed by atoms with Crippen molar-refractivity contribution in [3.05, 3.63) is 95.5 Å². The fourth-order valence-electron chi connectivity index (χ4n) is 3.81. The van der Waals surface area contributed by atoms with Gasteiger partial charge in [-0.25, -0.2) is 4.79 Å². The molecular weight excluding hydrogens is 378 g/mol. The van der Waals surface area contributed by atoms with Crippen molar-refractivity contribution in [3.63, 3.8) is 0 Å². The lowest BCUT2D eigenvalue weighted by atomic mass is 9.98. The zero-order chi connectivity index (χ0) is 20.7. The first-order chi connectivity index (χ1) is 14.6. The van der Waals surface area contributed by atoms with Crippen LogP contribution in [0.5, 0.6) is 0 Å². The SMILES string of the molecule is O=C(O)Cn1c(=O)oc2c(-c3ccc(-c4ccc5ccccc5c4)cc3)cccc21. The fourth-order valence-corrected chi connectivity index (χ4v) is 3.81. The number of hydrogen-bond donors (Lipinski definition) is 1. The van der Waals surface area contributed by atoms with Crippen LogP contribution in [0.3, 0.4) is 0 Å². The molecule has 0 saturated heterocycles. The second-order valence-corrected chi connectivity index (χ2v) is 7.14. The first-order valence-electron chi connectivity index (χ1n) is 9.54. The Morgan fingerprint density at radius 1 is 0.800 bits per heavy atom. The van der Waals surface area contributed by atoms with Crippen molar-refractivity contribution in [2.45, 2.75) is 6.54 Å². The zero-order valence-corrected chi connectivity index (χ0v) is 15.9. The number of benzene rings is 4. The molecule has 1 N–H and O–H groups in total. The van der Waals surface area contributed by atoms with E-state index in [1.54, 1.807) is 12.1 Å². The Hall–Kier alpha value is -4.12. The Kier molecular flexibility index (Phi) is 4.21. The molecule has 30 heavy (non-hydrogen) atoms.